The van der Waals surface area contributed by atoms with Gasteiger partial charge in [-0.3, -0.25) is 9.69 Å². The van der Waals surface area contributed by atoms with Crippen LogP contribution in [0.1, 0.15) is 31.7 Å². The van der Waals surface area contributed by atoms with Crippen molar-refractivity contribution in [1.82, 2.24) is 9.80 Å². The van der Waals surface area contributed by atoms with Gasteiger partial charge in [0, 0.05) is 25.2 Å². The van der Waals surface area contributed by atoms with Crippen LogP contribution in [0.15, 0.2) is 30.3 Å². The Hall–Kier alpha value is -1.81. The Balaban J connectivity index is 1.52. The molecule has 0 aromatic heterocycles. The van der Waals surface area contributed by atoms with Crippen LogP contribution in [0.5, 0.6) is 5.75 Å². The van der Waals surface area contributed by atoms with Crippen LogP contribution in [0.2, 0.25) is 0 Å². The van der Waals surface area contributed by atoms with Gasteiger partial charge in [0.1, 0.15) is 5.75 Å². The third-order valence-electron chi connectivity index (χ3n) is 4.74. The van der Waals surface area contributed by atoms with E-state index in [1.807, 2.05) is 42.2 Å². The maximum absolute atomic E-state index is 12.3. The molecule has 4 heteroatoms. The average molecular weight is 314 g/mol. The molecule has 2 saturated heterocycles. The van der Waals surface area contributed by atoms with Crippen LogP contribution in [-0.2, 0) is 4.79 Å². The molecule has 1 aromatic carbocycles. The summed E-state index contributed by atoms with van der Waals surface area (Å²) in [4.78, 5) is 16.9. The van der Waals surface area contributed by atoms with E-state index in [1.54, 1.807) is 6.08 Å². The number of ether oxygens (including phenoxy) is 1. The monoisotopic (exact) mass is 314 g/mol. The van der Waals surface area contributed by atoms with Crippen molar-refractivity contribution in [2.24, 2.45) is 0 Å². The lowest BCUT2D eigenvalue weighted by molar-refractivity contribution is -0.125. The number of amides is 1. The van der Waals surface area contributed by atoms with Crippen molar-refractivity contribution < 1.29 is 9.53 Å². The highest BCUT2D eigenvalue weighted by molar-refractivity contribution is 5.92. The summed E-state index contributed by atoms with van der Waals surface area (Å²) in [5.74, 6) is 0.990. The van der Waals surface area contributed by atoms with Gasteiger partial charge in [-0.25, -0.2) is 0 Å². The Morgan fingerprint density at radius 1 is 1.22 bits per heavy atom. The normalized spacial score (nSPS) is 22.1. The van der Waals surface area contributed by atoms with Gasteiger partial charge in [0.05, 0.1) is 6.61 Å². The quantitative estimate of drug-likeness (QED) is 0.784. The molecule has 4 nitrogen and oxygen atoms in total. The Morgan fingerprint density at radius 3 is 2.65 bits per heavy atom. The summed E-state index contributed by atoms with van der Waals surface area (Å²) in [6.07, 6.45) is 7.32. The Bertz CT molecular complexity index is 547. The molecule has 2 aliphatic rings. The van der Waals surface area contributed by atoms with Crippen molar-refractivity contribution >= 4 is 12.0 Å². The third kappa shape index (κ3) is 4.14. The predicted octanol–water partition coefficient (Wildman–Crippen LogP) is 2.80. The molecule has 0 N–H and O–H groups in total. The summed E-state index contributed by atoms with van der Waals surface area (Å²) in [5.41, 5.74) is 1.03. The van der Waals surface area contributed by atoms with E-state index in [2.05, 4.69) is 4.90 Å². The van der Waals surface area contributed by atoms with E-state index < -0.39 is 0 Å². The Labute approximate surface area is 138 Å². The van der Waals surface area contributed by atoms with E-state index in [4.69, 9.17) is 4.74 Å². The Morgan fingerprint density at radius 2 is 1.96 bits per heavy atom. The van der Waals surface area contributed by atoms with E-state index in [0.717, 1.165) is 30.8 Å². The number of nitrogens with zero attached hydrogens (tertiary/aromatic N) is 2. The summed E-state index contributed by atoms with van der Waals surface area (Å²) < 4.78 is 5.42. The fourth-order valence-electron chi connectivity index (χ4n) is 3.46. The fourth-order valence-corrected chi connectivity index (χ4v) is 3.46. The average Bonchev–Trinajstić information content (AvgIpc) is 3.25. The van der Waals surface area contributed by atoms with Gasteiger partial charge < -0.3 is 9.64 Å². The van der Waals surface area contributed by atoms with Crippen molar-refractivity contribution in [3.05, 3.63) is 35.9 Å². The van der Waals surface area contributed by atoms with Crippen LogP contribution < -0.4 is 4.74 Å². The first-order chi connectivity index (χ1) is 11.3. The van der Waals surface area contributed by atoms with Crippen molar-refractivity contribution in [1.29, 1.82) is 0 Å². The van der Waals surface area contributed by atoms with Crippen LogP contribution in [0.3, 0.4) is 0 Å². The van der Waals surface area contributed by atoms with Gasteiger partial charge in [-0.05, 0) is 63.0 Å². The molecule has 2 aliphatic heterocycles. The number of carbonyl (C=O) groups excluding carboxylic acids is 1. The lowest BCUT2D eigenvalue weighted by Gasteiger charge is -2.23. The first-order valence-electron chi connectivity index (χ1n) is 8.70. The van der Waals surface area contributed by atoms with Crippen molar-refractivity contribution in [2.75, 3.05) is 32.8 Å². The molecule has 124 valence electrons. The molecule has 0 saturated carbocycles. The summed E-state index contributed by atoms with van der Waals surface area (Å²) in [6.45, 7) is 6.81. The highest BCUT2D eigenvalue weighted by Crippen LogP contribution is 2.21. The SMILES string of the molecule is CCOc1ccc(/C=C\C(=O)N2CC[C@@H](N3CCCC3)C2)cc1. The molecule has 0 unspecified atom stereocenters. The minimum Gasteiger partial charge on any atom is -0.494 e. The Kier molecular flexibility index (Phi) is 5.34. The first kappa shape index (κ1) is 16.1. The number of likely N-dealkylation sites (tertiary alicyclic amines) is 2. The third-order valence-corrected chi connectivity index (χ3v) is 4.74. The molecule has 0 aliphatic carbocycles. The van der Waals surface area contributed by atoms with E-state index in [9.17, 15) is 4.79 Å². The van der Waals surface area contributed by atoms with E-state index in [0.29, 0.717) is 12.6 Å². The highest BCUT2D eigenvalue weighted by atomic mass is 16.5. The molecule has 1 atom stereocenters. The minimum absolute atomic E-state index is 0.126. The summed E-state index contributed by atoms with van der Waals surface area (Å²) in [6, 6.07) is 8.40. The second-order valence-corrected chi connectivity index (χ2v) is 6.31. The maximum atomic E-state index is 12.3. The van der Waals surface area contributed by atoms with Crippen LogP contribution in [0, 0.1) is 0 Å². The second kappa shape index (κ2) is 7.64. The summed E-state index contributed by atoms with van der Waals surface area (Å²) >= 11 is 0. The lowest BCUT2D eigenvalue weighted by atomic mass is 10.2. The topological polar surface area (TPSA) is 32.8 Å². The molecular weight excluding hydrogens is 288 g/mol. The van der Waals surface area contributed by atoms with Crippen LogP contribution in [0.25, 0.3) is 6.08 Å². The minimum atomic E-state index is 0.126. The van der Waals surface area contributed by atoms with E-state index in [1.165, 1.54) is 25.9 Å². The molecule has 0 spiro atoms. The predicted molar refractivity (Wildman–Crippen MR) is 92.4 cm³/mol. The van der Waals surface area contributed by atoms with Crippen LogP contribution >= 0.6 is 0 Å². The van der Waals surface area contributed by atoms with Crippen molar-refractivity contribution in [2.45, 2.75) is 32.2 Å². The molecule has 2 heterocycles. The number of carbonyl (C=O) groups is 1. The summed E-state index contributed by atoms with van der Waals surface area (Å²) in [5, 5.41) is 0. The number of rotatable bonds is 5. The van der Waals surface area contributed by atoms with Gasteiger partial charge >= 0.3 is 0 Å². The summed E-state index contributed by atoms with van der Waals surface area (Å²) in [7, 11) is 0. The molecular formula is C19H26N2O2. The largest absolute Gasteiger partial charge is 0.494 e. The molecule has 2 fully saturated rings. The van der Waals surface area contributed by atoms with Crippen molar-refractivity contribution in [3.63, 3.8) is 0 Å². The van der Waals surface area contributed by atoms with Gasteiger partial charge in [-0.2, -0.15) is 0 Å². The maximum Gasteiger partial charge on any atom is 0.246 e. The van der Waals surface area contributed by atoms with Gasteiger partial charge in [0.2, 0.25) is 5.91 Å². The molecule has 23 heavy (non-hydrogen) atoms. The molecule has 1 aromatic rings. The van der Waals surface area contributed by atoms with Crippen LogP contribution in [0.4, 0.5) is 0 Å². The zero-order valence-corrected chi connectivity index (χ0v) is 13.9. The number of benzene rings is 1. The lowest BCUT2D eigenvalue weighted by Crippen LogP contribution is -2.36. The highest BCUT2D eigenvalue weighted by Gasteiger charge is 2.30. The van der Waals surface area contributed by atoms with Gasteiger partial charge in [-0.1, -0.05) is 12.1 Å². The van der Waals surface area contributed by atoms with Crippen LogP contribution in [-0.4, -0.2) is 54.5 Å². The second-order valence-electron chi connectivity index (χ2n) is 6.31. The molecule has 3 rings (SSSR count). The van der Waals surface area contributed by atoms with Crippen molar-refractivity contribution in [3.8, 4) is 5.75 Å². The van der Waals surface area contributed by atoms with Gasteiger partial charge in [-0.15, -0.1) is 0 Å². The van der Waals surface area contributed by atoms with Gasteiger partial charge in [0.25, 0.3) is 0 Å². The molecule has 1 amide bonds. The smallest absolute Gasteiger partial charge is 0.246 e. The van der Waals surface area contributed by atoms with E-state index in [-0.39, 0.29) is 5.91 Å². The zero-order chi connectivity index (χ0) is 16.1. The first-order valence-corrected chi connectivity index (χ1v) is 8.70. The van der Waals surface area contributed by atoms with Gasteiger partial charge in [0.15, 0.2) is 0 Å². The number of hydrogen-bond acceptors (Lipinski definition) is 3. The molecule has 0 bridgehead atoms. The van der Waals surface area contributed by atoms with E-state index >= 15 is 0 Å². The fraction of sp³-hybridized carbons (Fsp3) is 0.526. The molecule has 0 radical (unpaired) electrons. The standard InChI is InChI=1S/C19H26N2O2/c1-2-23-18-8-5-16(6-9-18)7-10-19(22)21-14-11-17(15-21)20-12-3-4-13-20/h5-10,17H,2-4,11-15H2,1H3/b10-7-/t17-/m1/s1. The zero-order valence-electron chi connectivity index (χ0n) is 13.9. The number of hydrogen-bond donors (Lipinski definition) is 0.